The van der Waals surface area contributed by atoms with E-state index in [0.29, 0.717) is 62.7 Å². The minimum atomic E-state index is -2.55. The fraction of sp³-hybridized carbons (Fsp3) is 0.784. The molecule has 1 amide bonds. The number of ether oxygens (including phenoxy) is 6. The summed E-state index contributed by atoms with van der Waals surface area (Å²) in [4.78, 5) is 71.2. The van der Waals surface area contributed by atoms with Gasteiger partial charge in [0.05, 0.1) is 37.1 Å². The molecule has 3 N–H and O–H groups in total. The number of Topliss-reactive ketones (excluding diaryl/α,β-unsaturated/α-hetero) is 2. The number of methoxy groups -OCH3 is 3. The number of ketones is 2. The number of hydrogen-bond acceptors (Lipinski definition) is 14. The molecule has 15 nitrogen and oxygen atoms in total. The smallest absolute Gasteiger partial charge is 0.330 e. The summed E-state index contributed by atoms with van der Waals surface area (Å²) in [5, 5.41) is 34.6. The Morgan fingerprint density at radius 2 is 1.58 bits per heavy atom. The number of aliphatic hydroxyl groups excluding tert-OH is 2. The van der Waals surface area contributed by atoms with Crippen molar-refractivity contribution in [1.82, 2.24) is 4.90 Å². The molecule has 1 saturated carbocycles. The second kappa shape index (κ2) is 26.4. The zero-order chi connectivity index (χ0) is 48.7. The number of aliphatic hydroxyl groups is 3. The van der Waals surface area contributed by atoms with Crippen LogP contribution in [0.25, 0.3) is 0 Å². The first-order chi connectivity index (χ1) is 31.4. The monoisotopic (exact) mass is 932 g/mol. The number of cyclic esters (lactones) is 1. The molecule has 2 bridgehead atoms. The van der Waals surface area contributed by atoms with E-state index in [0.717, 1.165) is 25.7 Å². The summed E-state index contributed by atoms with van der Waals surface area (Å²) in [5.41, 5.74) is 1.01. The Hall–Kier alpha value is -3.31. The van der Waals surface area contributed by atoms with Crippen molar-refractivity contribution in [1.29, 1.82) is 0 Å². The highest BCUT2D eigenvalue weighted by molar-refractivity contribution is 6.39. The van der Waals surface area contributed by atoms with Crippen molar-refractivity contribution in [2.75, 3.05) is 34.5 Å². The first-order valence-corrected chi connectivity index (χ1v) is 24.5. The minimum Gasteiger partial charge on any atom is -0.463 e. The summed E-state index contributed by atoms with van der Waals surface area (Å²) >= 11 is 0. The third-order valence-electron chi connectivity index (χ3n) is 14.3. The number of esters is 2. The summed E-state index contributed by atoms with van der Waals surface area (Å²) < 4.78 is 35.3. The van der Waals surface area contributed by atoms with Gasteiger partial charge in [-0.2, -0.15) is 0 Å². The number of fused-ring (bicyclic) bond motifs is 3. The van der Waals surface area contributed by atoms with Crippen LogP contribution < -0.4 is 0 Å². The van der Waals surface area contributed by atoms with E-state index in [1.165, 1.54) is 25.2 Å². The zero-order valence-electron chi connectivity index (χ0n) is 41.1. The summed E-state index contributed by atoms with van der Waals surface area (Å²) in [5.74, 6) is -8.36. The number of amides is 1. The van der Waals surface area contributed by atoms with Crippen LogP contribution >= 0.6 is 0 Å². The fourth-order valence-electron chi connectivity index (χ4n) is 10.3. The average Bonchev–Trinajstić information content (AvgIpc) is 3.29. The van der Waals surface area contributed by atoms with E-state index in [4.69, 9.17) is 28.4 Å². The number of nitrogens with zero attached hydrogens (tertiary/aromatic N) is 1. The van der Waals surface area contributed by atoms with Crippen molar-refractivity contribution in [3.8, 4) is 0 Å². The van der Waals surface area contributed by atoms with Crippen LogP contribution in [0.3, 0.4) is 0 Å². The van der Waals surface area contributed by atoms with E-state index < -0.39 is 90.0 Å². The summed E-state index contributed by atoms with van der Waals surface area (Å²) in [7, 11) is 4.58. The average molecular weight is 932 g/mol. The highest BCUT2D eigenvalue weighted by Crippen LogP contribution is 2.39. The number of hydrogen-bond donors (Lipinski definition) is 3. The Bertz CT molecular complexity index is 1710. The molecule has 0 aromatic carbocycles. The van der Waals surface area contributed by atoms with Crippen LogP contribution in [0.2, 0.25) is 0 Å². The van der Waals surface area contributed by atoms with Crippen LogP contribution in [-0.4, -0.2) is 139 Å². The minimum absolute atomic E-state index is 0.0410. The lowest BCUT2D eigenvalue weighted by molar-refractivity contribution is -0.302. The molecule has 0 radical (unpaired) electrons. The molecule has 66 heavy (non-hydrogen) atoms. The van der Waals surface area contributed by atoms with E-state index in [-0.39, 0.29) is 55.8 Å². The SMILES string of the molecule is CCCCCCOC(=O)C=CC/C1=C\C(C)CC(C)CC(OC)C2OC(O)(C(=O)C(=O)N3CCCCC3C(=O)OC(C(C)=CC3CCC(O)C(OC)C3)C(C)C(O)CC1=O)C(C)CC2OC. The molecule has 15 heteroatoms. The number of unbranched alkanes of at least 4 members (excludes halogenated alkanes) is 3. The summed E-state index contributed by atoms with van der Waals surface area (Å²) in [6, 6.07) is -1.18. The molecule has 14 atom stereocenters. The van der Waals surface area contributed by atoms with Gasteiger partial charge < -0.3 is 48.6 Å². The van der Waals surface area contributed by atoms with E-state index in [2.05, 4.69) is 6.92 Å². The first kappa shape index (κ1) is 55.3. The Morgan fingerprint density at radius 3 is 2.26 bits per heavy atom. The van der Waals surface area contributed by atoms with Crippen molar-refractivity contribution in [3.05, 3.63) is 35.5 Å². The zero-order valence-corrected chi connectivity index (χ0v) is 41.1. The standard InChI is InChI=1S/C51H81NO14/c1-10-11-12-15-23-64-45(56)19-16-17-37-25-31(2)24-32(3)26-43(62-8)47-44(63-9)28-34(5)51(60,66-47)48(57)49(58)52-22-14-13-18-38(52)50(59)65-46(35(6)40(54)30-41(37)55)33(4)27-36-20-21-39(53)42(29-36)61-7/h16,19,25,27,31-32,34-36,38-40,42-44,46-47,53-54,60H,10-15,17-18,20-24,26,28-30H2,1-9H3/b19-16?,33-27?,37-25+. The molecular formula is C51H81NO14. The van der Waals surface area contributed by atoms with Crippen LogP contribution in [0, 0.1) is 29.6 Å². The topological polar surface area (TPSA) is 205 Å². The van der Waals surface area contributed by atoms with Gasteiger partial charge in [-0.25, -0.2) is 9.59 Å². The number of allylic oxidation sites excluding steroid dienone is 4. The van der Waals surface area contributed by atoms with Gasteiger partial charge in [-0.3, -0.25) is 14.4 Å². The summed E-state index contributed by atoms with van der Waals surface area (Å²) in [6.07, 6.45) is 8.96. The molecule has 3 aliphatic heterocycles. The third kappa shape index (κ3) is 14.8. The molecule has 2 saturated heterocycles. The van der Waals surface area contributed by atoms with Crippen LogP contribution in [0.5, 0.6) is 0 Å². The van der Waals surface area contributed by atoms with Crippen molar-refractivity contribution >= 4 is 29.4 Å². The molecule has 1 aliphatic carbocycles. The predicted octanol–water partition coefficient (Wildman–Crippen LogP) is 6.13. The van der Waals surface area contributed by atoms with Crippen molar-refractivity contribution in [2.45, 2.75) is 192 Å². The maximum Gasteiger partial charge on any atom is 0.330 e. The van der Waals surface area contributed by atoms with Gasteiger partial charge >= 0.3 is 11.9 Å². The second-order valence-corrected chi connectivity index (χ2v) is 19.6. The molecule has 3 heterocycles. The van der Waals surface area contributed by atoms with Crippen molar-refractivity contribution in [3.63, 3.8) is 0 Å². The molecule has 0 spiro atoms. The van der Waals surface area contributed by atoms with E-state index in [9.17, 15) is 39.3 Å². The van der Waals surface area contributed by atoms with Crippen LogP contribution in [0.1, 0.15) is 138 Å². The molecule has 14 unspecified atom stereocenters. The van der Waals surface area contributed by atoms with Gasteiger partial charge in [-0.1, -0.05) is 72.1 Å². The number of carbonyl (C=O) groups is 5. The van der Waals surface area contributed by atoms with Crippen molar-refractivity contribution in [2.24, 2.45) is 29.6 Å². The lowest BCUT2D eigenvalue weighted by atomic mass is 9.81. The van der Waals surface area contributed by atoms with Gasteiger partial charge in [0, 0.05) is 52.2 Å². The van der Waals surface area contributed by atoms with E-state index in [1.807, 2.05) is 26.0 Å². The van der Waals surface area contributed by atoms with Gasteiger partial charge in [-0.15, -0.1) is 0 Å². The van der Waals surface area contributed by atoms with Crippen LogP contribution in [-0.2, 0) is 52.4 Å². The lowest BCUT2D eigenvalue weighted by Gasteiger charge is -2.47. The second-order valence-electron chi connectivity index (χ2n) is 19.6. The molecular weight excluding hydrogens is 851 g/mol. The quantitative estimate of drug-likeness (QED) is 0.0625. The molecule has 0 aromatic heterocycles. The molecule has 374 valence electrons. The molecule has 4 aliphatic rings. The summed E-state index contributed by atoms with van der Waals surface area (Å²) in [6.45, 7) is 11.6. The predicted molar refractivity (Wildman–Crippen MR) is 247 cm³/mol. The lowest BCUT2D eigenvalue weighted by Crippen LogP contribution is -2.64. The highest BCUT2D eigenvalue weighted by Gasteiger charge is 2.56. The fourth-order valence-corrected chi connectivity index (χ4v) is 10.3. The van der Waals surface area contributed by atoms with E-state index in [1.54, 1.807) is 34.0 Å². The molecule has 4 rings (SSSR count). The highest BCUT2D eigenvalue weighted by atomic mass is 16.7. The van der Waals surface area contributed by atoms with Crippen LogP contribution in [0.4, 0.5) is 0 Å². The number of piperidine rings is 1. The van der Waals surface area contributed by atoms with Crippen molar-refractivity contribution < 1.29 is 67.7 Å². The normalized spacial score (nSPS) is 37.1. The van der Waals surface area contributed by atoms with Crippen LogP contribution in [0.15, 0.2) is 35.5 Å². The number of rotatable bonds is 13. The largest absolute Gasteiger partial charge is 0.463 e. The molecule has 3 fully saturated rings. The third-order valence-corrected chi connectivity index (χ3v) is 14.3. The van der Waals surface area contributed by atoms with Gasteiger partial charge in [0.1, 0.15) is 18.2 Å². The van der Waals surface area contributed by atoms with Gasteiger partial charge in [0.15, 0.2) is 5.78 Å². The maximum absolute atomic E-state index is 14.5. The number of carbonyl (C=O) groups excluding carboxylic acids is 5. The van der Waals surface area contributed by atoms with Gasteiger partial charge in [0.25, 0.3) is 11.7 Å². The maximum atomic E-state index is 14.5. The Balaban J connectivity index is 1.76. The Labute approximate surface area is 393 Å². The Morgan fingerprint density at radius 1 is 0.879 bits per heavy atom. The first-order valence-electron chi connectivity index (χ1n) is 24.5. The van der Waals surface area contributed by atoms with Gasteiger partial charge in [0.2, 0.25) is 5.79 Å². The molecule has 0 aromatic rings. The Kier molecular flexibility index (Phi) is 22.2. The van der Waals surface area contributed by atoms with E-state index >= 15 is 0 Å². The van der Waals surface area contributed by atoms with Gasteiger partial charge in [-0.05, 0) is 106 Å².